The molecule has 3 heterocycles. The van der Waals surface area contributed by atoms with Gasteiger partial charge < -0.3 is 14.4 Å². The SMILES string of the molecule is CS(C)(=O)=Nc1cc(N2CCC2)c2c(Cc3ccc(F)cc3O[C@H]3CCOC3)ncnc2c1. The zero-order chi connectivity index (χ0) is 23.0. The van der Waals surface area contributed by atoms with Gasteiger partial charge in [-0.25, -0.2) is 18.6 Å². The van der Waals surface area contributed by atoms with Crippen LogP contribution in [0.5, 0.6) is 5.75 Å². The van der Waals surface area contributed by atoms with Crippen LogP contribution < -0.4 is 9.64 Å². The summed E-state index contributed by atoms with van der Waals surface area (Å²) in [4.78, 5) is 11.4. The number of anilines is 1. The van der Waals surface area contributed by atoms with Gasteiger partial charge in [0.1, 0.15) is 24.0 Å². The maximum atomic E-state index is 14.0. The summed E-state index contributed by atoms with van der Waals surface area (Å²) in [6.07, 6.45) is 7.07. The Morgan fingerprint density at radius 3 is 2.79 bits per heavy atom. The van der Waals surface area contributed by atoms with Gasteiger partial charge in [0.15, 0.2) is 0 Å². The van der Waals surface area contributed by atoms with E-state index in [0.717, 1.165) is 53.8 Å². The number of aromatic nitrogens is 2. The molecular weight excluding hydrogens is 443 g/mol. The van der Waals surface area contributed by atoms with E-state index >= 15 is 0 Å². The minimum atomic E-state index is -2.31. The van der Waals surface area contributed by atoms with Crippen molar-refractivity contribution in [1.82, 2.24) is 9.97 Å². The first-order chi connectivity index (χ1) is 15.9. The minimum absolute atomic E-state index is 0.0774. The van der Waals surface area contributed by atoms with E-state index in [0.29, 0.717) is 31.1 Å². The Morgan fingerprint density at radius 1 is 1.24 bits per heavy atom. The van der Waals surface area contributed by atoms with Crippen molar-refractivity contribution in [2.45, 2.75) is 25.4 Å². The number of benzene rings is 2. The van der Waals surface area contributed by atoms with Crippen LogP contribution in [0.25, 0.3) is 10.9 Å². The van der Waals surface area contributed by atoms with Crippen LogP contribution in [-0.4, -0.2) is 59.1 Å². The first-order valence-corrected chi connectivity index (χ1v) is 13.4. The topological polar surface area (TPSA) is 76.9 Å². The quantitative estimate of drug-likeness (QED) is 0.540. The fraction of sp³-hybridized carbons (Fsp3) is 0.417. The van der Waals surface area contributed by atoms with Crippen molar-refractivity contribution in [2.75, 3.05) is 43.7 Å². The third-order valence-corrected chi connectivity index (χ3v) is 6.52. The fourth-order valence-electron chi connectivity index (χ4n) is 4.22. The lowest BCUT2D eigenvalue weighted by molar-refractivity contribution is 0.140. The van der Waals surface area contributed by atoms with E-state index in [2.05, 4.69) is 19.2 Å². The van der Waals surface area contributed by atoms with Gasteiger partial charge >= 0.3 is 0 Å². The third-order valence-electron chi connectivity index (χ3n) is 5.87. The lowest BCUT2D eigenvalue weighted by atomic mass is 10.0. The predicted molar refractivity (Wildman–Crippen MR) is 128 cm³/mol. The van der Waals surface area contributed by atoms with Crippen LogP contribution >= 0.6 is 0 Å². The Labute approximate surface area is 193 Å². The van der Waals surface area contributed by atoms with E-state index in [4.69, 9.17) is 9.47 Å². The van der Waals surface area contributed by atoms with Crippen molar-refractivity contribution in [3.05, 3.63) is 53.7 Å². The summed E-state index contributed by atoms with van der Waals surface area (Å²) in [5.74, 6) is 0.182. The Morgan fingerprint density at radius 2 is 2.09 bits per heavy atom. The zero-order valence-corrected chi connectivity index (χ0v) is 19.6. The smallest absolute Gasteiger partial charge is 0.126 e. The molecule has 3 aromatic rings. The molecule has 0 bridgehead atoms. The largest absolute Gasteiger partial charge is 0.488 e. The summed E-state index contributed by atoms with van der Waals surface area (Å²) in [6.45, 7) is 3.04. The molecule has 0 aliphatic carbocycles. The normalized spacial score (nSPS) is 18.4. The van der Waals surface area contributed by atoms with Crippen LogP contribution in [0.4, 0.5) is 15.8 Å². The molecule has 1 atom stereocenters. The zero-order valence-electron chi connectivity index (χ0n) is 18.8. The molecule has 0 unspecified atom stereocenters. The van der Waals surface area contributed by atoms with E-state index in [9.17, 15) is 8.60 Å². The van der Waals surface area contributed by atoms with E-state index in [1.807, 2.05) is 12.1 Å². The van der Waals surface area contributed by atoms with E-state index in [1.54, 1.807) is 18.6 Å². The number of fused-ring (bicyclic) bond motifs is 1. The highest BCUT2D eigenvalue weighted by molar-refractivity contribution is 7.92. The van der Waals surface area contributed by atoms with Gasteiger partial charge in [0.2, 0.25) is 0 Å². The molecule has 2 aromatic carbocycles. The van der Waals surface area contributed by atoms with E-state index in [-0.39, 0.29) is 11.9 Å². The standard InChI is InChI=1S/C24H27FN4O3S/c1-33(2,30)28-18-12-21-24(22(13-18)29-7-3-8-29)20(26-15-27-21)10-16-4-5-17(25)11-23(16)32-19-6-9-31-14-19/h4-5,11-13,15,19H,3,6-10,14H2,1-2H3/t19-/m0/s1. The number of nitrogens with zero attached hydrogens (tertiary/aromatic N) is 4. The van der Waals surface area contributed by atoms with Crippen molar-refractivity contribution >= 4 is 32.0 Å². The molecule has 0 spiro atoms. The van der Waals surface area contributed by atoms with Gasteiger partial charge in [-0.05, 0) is 24.6 Å². The molecule has 1 aromatic heterocycles. The van der Waals surface area contributed by atoms with Crippen LogP contribution in [0.1, 0.15) is 24.1 Å². The van der Waals surface area contributed by atoms with Crippen molar-refractivity contribution < 1.29 is 18.1 Å². The maximum absolute atomic E-state index is 14.0. The average molecular weight is 471 g/mol. The second kappa shape index (κ2) is 8.87. The second-order valence-corrected chi connectivity index (χ2v) is 11.4. The summed E-state index contributed by atoms with van der Waals surface area (Å²) < 4.78 is 42.2. The molecule has 2 fully saturated rings. The molecule has 9 heteroatoms. The van der Waals surface area contributed by atoms with Crippen molar-refractivity contribution in [3.63, 3.8) is 0 Å². The number of rotatable bonds is 6. The lowest BCUT2D eigenvalue weighted by Gasteiger charge is -2.34. The second-order valence-electron chi connectivity index (χ2n) is 8.82. The van der Waals surface area contributed by atoms with Crippen LogP contribution in [0.2, 0.25) is 0 Å². The van der Waals surface area contributed by atoms with Crippen LogP contribution in [0, 0.1) is 5.82 Å². The predicted octanol–water partition coefficient (Wildman–Crippen LogP) is 4.10. The molecule has 2 aliphatic rings. The monoisotopic (exact) mass is 470 g/mol. The highest BCUT2D eigenvalue weighted by Crippen LogP contribution is 2.37. The van der Waals surface area contributed by atoms with Crippen LogP contribution in [0.3, 0.4) is 0 Å². The van der Waals surface area contributed by atoms with Gasteiger partial charge in [0, 0.05) is 65.2 Å². The highest BCUT2D eigenvalue weighted by Gasteiger charge is 2.23. The van der Waals surface area contributed by atoms with Crippen molar-refractivity contribution in [2.24, 2.45) is 4.36 Å². The minimum Gasteiger partial charge on any atom is -0.488 e. The van der Waals surface area contributed by atoms with Gasteiger partial charge in [0.25, 0.3) is 0 Å². The molecule has 2 saturated heterocycles. The third kappa shape index (κ3) is 4.94. The Kier molecular flexibility index (Phi) is 5.92. The van der Waals surface area contributed by atoms with Gasteiger partial charge in [-0.15, -0.1) is 0 Å². The molecule has 2 aliphatic heterocycles. The molecule has 0 N–H and O–H groups in total. The number of hydrogen-bond donors (Lipinski definition) is 0. The molecular formula is C24H27FN4O3S. The van der Waals surface area contributed by atoms with Gasteiger partial charge in [-0.2, -0.15) is 4.36 Å². The Bertz CT molecular complexity index is 1300. The summed E-state index contributed by atoms with van der Waals surface area (Å²) in [5, 5.41) is 0.939. The van der Waals surface area contributed by atoms with Crippen LogP contribution in [-0.2, 0) is 20.9 Å². The molecule has 7 nitrogen and oxygen atoms in total. The number of hydrogen-bond acceptors (Lipinski definition) is 7. The molecule has 0 radical (unpaired) electrons. The first kappa shape index (κ1) is 22.0. The first-order valence-electron chi connectivity index (χ1n) is 11.1. The summed E-state index contributed by atoms with van der Waals surface area (Å²) in [7, 11) is -2.31. The van der Waals surface area contributed by atoms with Gasteiger partial charge in [0.05, 0.1) is 35.8 Å². The number of ether oxygens (including phenoxy) is 2. The van der Waals surface area contributed by atoms with Gasteiger partial charge in [-0.3, -0.25) is 0 Å². The van der Waals surface area contributed by atoms with Crippen molar-refractivity contribution in [3.8, 4) is 5.75 Å². The molecule has 0 saturated carbocycles. The average Bonchev–Trinajstić information content (AvgIpc) is 3.20. The lowest BCUT2D eigenvalue weighted by Crippen LogP contribution is -2.37. The molecule has 33 heavy (non-hydrogen) atoms. The summed E-state index contributed by atoms with van der Waals surface area (Å²) in [5.41, 5.74) is 4.08. The molecule has 174 valence electrons. The van der Waals surface area contributed by atoms with Crippen LogP contribution in [0.15, 0.2) is 41.0 Å². The Hall–Kier alpha value is -2.78. The van der Waals surface area contributed by atoms with Crippen molar-refractivity contribution in [1.29, 1.82) is 0 Å². The van der Waals surface area contributed by atoms with E-state index < -0.39 is 9.73 Å². The van der Waals surface area contributed by atoms with Gasteiger partial charge in [-0.1, -0.05) is 6.07 Å². The molecule has 5 rings (SSSR count). The maximum Gasteiger partial charge on any atom is 0.126 e. The Balaban J connectivity index is 1.59. The summed E-state index contributed by atoms with van der Waals surface area (Å²) >= 11 is 0. The number of halogens is 1. The highest BCUT2D eigenvalue weighted by atomic mass is 32.2. The van der Waals surface area contributed by atoms with E-state index in [1.165, 1.54) is 18.5 Å². The summed E-state index contributed by atoms with van der Waals surface area (Å²) in [6, 6.07) is 8.46. The molecule has 0 amide bonds. The fourth-order valence-corrected chi connectivity index (χ4v) is 4.83.